The van der Waals surface area contributed by atoms with Crippen molar-refractivity contribution in [2.45, 2.75) is 12.8 Å². The fourth-order valence-electron chi connectivity index (χ4n) is 1.77. The lowest BCUT2D eigenvalue weighted by Gasteiger charge is -2.31. The summed E-state index contributed by atoms with van der Waals surface area (Å²) in [6.07, 6.45) is 2.57. The van der Waals surface area contributed by atoms with E-state index < -0.39 is 0 Å². The van der Waals surface area contributed by atoms with E-state index in [9.17, 15) is 0 Å². The van der Waals surface area contributed by atoms with Crippen LogP contribution in [-0.4, -0.2) is 45.4 Å². The Labute approximate surface area is 75.1 Å². The van der Waals surface area contributed by atoms with Crippen LogP contribution in [0.1, 0.15) is 12.8 Å². The molecular weight excluding hydrogens is 152 g/mol. The first kappa shape index (κ1) is 9.96. The number of rotatable bonds is 4. The Morgan fingerprint density at radius 1 is 1.42 bits per heavy atom. The summed E-state index contributed by atoms with van der Waals surface area (Å²) in [7, 11) is 3.79. The zero-order chi connectivity index (χ0) is 8.81. The lowest BCUT2D eigenvalue weighted by Crippen LogP contribution is -2.39. The second-order valence-corrected chi connectivity index (χ2v) is 3.53. The third-order valence-corrected chi connectivity index (χ3v) is 2.49. The molecule has 0 amide bonds. The average Bonchev–Trinajstić information content (AvgIpc) is 2.09. The highest BCUT2D eigenvalue weighted by Crippen LogP contribution is 2.16. The van der Waals surface area contributed by atoms with Crippen LogP contribution in [0.5, 0.6) is 0 Å². The quantitative estimate of drug-likeness (QED) is 0.669. The highest BCUT2D eigenvalue weighted by Gasteiger charge is 2.17. The lowest BCUT2D eigenvalue weighted by atomic mass is 9.98. The molecule has 0 atom stereocenters. The number of hydrogen-bond acceptors (Lipinski definition) is 3. The van der Waals surface area contributed by atoms with E-state index in [1.807, 2.05) is 7.05 Å². The van der Waals surface area contributed by atoms with Crippen molar-refractivity contribution < 1.29 is 4.74 Å². The van der Waals surface area contributed by atoms with E-state index >= 15 is 0 Å². The number of methoxy groups -OCH3 is 1. The molecule has 1 fully saturated rings. The maximum absolute atomic E-state index is 5.14. The number of likely N-dealkylation sites (tertiary alicyclic amines) is 1. The van der Waals surface area contributed by atoms with E-state index in [0.29, 0.717) is 0 Å². The SMILES string of the molecule is CNCN1CCC(COC)CC1. The molecule has 0 aliphatic carbocycles. The summed E-state index contributed by atoms with van der Waals surface area (Å²) in [5.41, 5.74) is 0. The van der Waals surface area contributed by atoms with Gasteiger partial charge in [0.2, 0.25) is 0 Å². The van der Waals surface area contributed by atoms with Crippen LogP contribution in [0.3, 0.4) is 0 Å². The van der Waals surface area contributed by atoms with E-state index in [0.717, 1.165) is 19.2 Å². The number of hydrogen-bond donors (Lipinski definition) is 1. The van der Waals surface area contributed by atoms with Crippen LogP contribution in [0.2, 0.25) is 0 Å². The lowest BCUT2D eigenvalue weighted by molar-refractivity contribution is 0.0972. The smallest absolute Gasteiger partial charge is 0.0491 e. The molecule has 1 N–H and O–H groups in total. The largest absolute Gasteiger partial charge is 0.384 e. The summed E-state index contributed by atoms with van der Waals surface area (Å²) in [4.78, 5) is 2.45. The Bertz CT molecular complexity index is 97.1. The molecular formula is C9H20N2O. The molecule has 3 heteroatoms. The van der Waals surface area contributed by atoms with Crippen molar-refractivity contribution >= 4 is 0 Å². The zero-order valence-corrected chi connectivity index (χ0v) is 8.18. The monoisotopic (exact) mass is 172 g/mol. The molecule has 0 bridgehead atoms. The van der Waals surface area contributed by atoms with Crippen LogP contribution in [0.15, 0.2) is 0 Å². The Hall–Kier alpha value is -0.120. The van der Waals surface area contributed by atoms with Gasteiger partial charge in [-0.05, 0) is 38.9 Å². The van der Waals surface area contributed by atoms with Crippen molar-refractivity contribution in [2.24, 2.45) is 5.92 Å². The summed E-state index contributed by atoms with van der Waals surface area (Å²) in [6.45, 7) is 4.40. The Morgan fingerprint density at radius 2 is 2.08 bits per heavy atom. The van der Waals surface area contributed by atoms with Gasteiger partial charge in [-0.1, -0.05) is 0 Å². The van der Waals surface area contributed by atoms with Gasteiger partial charge in [0.1, 0.15) is 0 Å². The normalized spacial score (nSPS) is 21.5. The average molecular weight is 172 g/mol. The van der Waals surface area contributed by atoms with Gasteiger partial charge in [0.25, 0.3) is 0 Å². The minimum Gasteiger partial charge on any atom is -0.384 e. The van der Waals surface area contributed by atoms with Crippen LogP contribution < -0.4 is 5.32 Å². The Morgan fingerprint density at radius 3 is 2.58 bits per heavy atom. The fraction of sp³-hybridized carbons (Fsp3) is 1.00. The molecule has 0 aromatic carbocycles. The molecule has 1 heterocycles. The van der Waals surface area contributed by atoms with E-state index in [4.69, 9.17) is 4.74 Å². The molecule has 72 valence electrons. The van der Waals surface area contributed by atoms with E-state index in [2.05, 4.69) is 10.2 Å². The van der Waals surface area contributed by atoms with Gasteiger partial charge in [0.15, 0.2) is 0 Å². The fourth-order valence-corrected chi connectivity index (χ4v) is 1.77. The van der Waals surface area contributed by atoms with Crippen molar-refractivity contribution in [3.8, 4) is 0 Å². The van der Waals surface area contributed by atoms with Gasteiger partial charge in [-0.2, -0.15) is 0 Å². The first-order valence-corrected chi connectivity index (χ1v) is 4.72. The van der Waals surface area contributed by atoms with Gasteiger partial charge in [-0.3, -0.25) is 4.90 Å². The molecule has 1 saturated heterocycles. The van der Waals surface area contributed by atoms with Gasteiger partial charge in [0.05, 0.1) is 0 Å². The highest BCUT2D eigenvalue weighted by atomic mass is 16.5. The van der Waals surface area contributed by atoms with Crippen LogP contribution in [0.4, 0.5) is 0 Å². The van der Waals surface area contributed by atoms with Crippen molar-refractivity contribution in [2.75, 3.05) is 40.5 Å². The zero-order valence-electron chi connectivity index (χ0n) is 8.18. The van der Waals surface area contributed by atoms with Crippen LogP contribution in [0, 0.1) is 5.92 Å². The molecule has 12 heavy (non-hydrogen) atoms. The number of nitrogens with one attached hydrogen (secondary N) is 1. The van der Waals surface area contributed by atoms with Crippen molar-refractivity contribution in [3.05, 3.63) is 0 Å². The maximum atomic E-state index is 5.14. The molecule has 1 aliphatic rings. The minimum atomic E-state index is 0.795. The molecule has 1 aliphatic heterocycles. The van der Waals surface area contributed by atoms with Crippen LogP contribution in [-0.2, 0) is 4.74 Å². The van der Waals surface area contributed by atoms with E-state index in [1.165, 1.54) is 25.9 Å². The molecule has 0 spiro atoms. The first-order valence-electron chi connectivity index (χ1n) is 4.72. The summed E-state index contributed by atoms with van der Waals surface area (Å²) < 4.78 is 5.14. The number of nitrogens with zero attached hydrogens (tertiary/aromatic N) is 1. The van der Waals surface area contributed by atoms with E-state index in [1.54, 1.807) is 7.11 Å². The molecule has 3 nitrogen and oxygen atoms in total. The second-order valence-electron chi connectivity index (χ2n) is 3.53. The summed E-state index contributed by atoms with van der Waals surface area (Å²) in [5.74, 6) is 0.795. The van der Waals surface area contributed by atoms with Gasteiger partial charge in [-0.25, -0.2) is 0 Å². The van der Waals surface area contributed by atoms with Crippen LogP contribution >= 0.6 is 0 Å². The predicted molar refractivity (Wildman–Crippen MR) is 50.1 cm³/mol. The van der Waals surface area contributed by atoms with Gasteiger partial charge < -0.3 is 10.1 Å². The molecule has 0 aromatic heterocycles. The van der Waals surface area contributed by atoms with Crippen LogP contribution in [0.25, 0.3) is 0 Å². The molecule has 0 unspecified atom stereocenters. The number of ether oxygens (including phenoxy) is 1. The minimum absolute atomic E-state index is 0.795. The summed E-state index contributed by atoms with van der Waals surface area (Å²) in [5, 5.41) is 3.18. The second kappa shape index (κ2) is 5.51. The Kier molecular flexibility index (Phi) is 4.58. The maximum Gasteiger partial charge on any atom is 0.0491 e. The summed E-state index contributed by atoms with van der Waals surface area (Å²) in [6, 6.07) is 0. The summed E-state index contributed by atoms with van der Waals surface area (Å²) >= 11 is 0. The third-order valence-electron chi connectivity index (χ3n) is 2.49. The predicted octanol–water partition coefficient (Wildman–Crippen LogP) is 0.522. The van der Waals surface area contributed by atoms with Crippen molar-refractivity contribution in [1.82, 2.24) is 10.2 Å². The first-order chi connectivity index (χ1) is 5.86. The molecule has 1 rings (SSSR count). The topological polar surface area (TPSA) is 24.5 Å². The van der Waals surface area contributed by atoms with Gasteiger partial charge in [-0.15, -0.1) is 0 Å². The van der Waals surface area contributed by atoms with Crippen molar-refractivity contribution in [1.29, 1.82) is 0 Å². The Balaban J connectivity index is 2.11. The third kappa shape index (κ3) is 3.09. The van der Waals surface area contributed by atoms with Gasteiger partial charge >= 0.3 is 0 Å². The van der Waals surface area contributed by atoms with Gasteiger partial charge in [0, 0.05) is 20.4 Å². The van der Waals surface area contributed by atoms with E-state index in [-0.39, 0.29) is 0 Å². The standard InChI is InChI=1S/C9H20N2O/c1-10-8-11-5-3-9(4-6-11)7-12-2/h9-10H,3-8H2,1-2H3. The van der Waals surface area contributed by atoms with Crippen molar-refractivity contribution in [3.63, 3.8) is 0 Å². The molecule has 0 saturated carbocycles. The molecule has 0 radical (unpaired) electrons. The molecule has 0 aromatic rings. The number of piperidine rings is 1. The highest BCUT2D eigenvalue weighted by molar-refractivity contribution is 4.70.